The number of amides is 2. The summed E-state index contributed by atoms with van der Waals surface area (Å²) in [7, 11) is 1.66. The fourth-order valence-corrected chi connectivity index (χ4v) is 5.65. The molecule has 1 aliphatic heterocycles. The molecule has 0 aromatic heterocycles. The number of hydrogen-bond donors (Lipinski definition) is 0. The summed E-state index contributed by atoms with van der Waals surface area (Å²) in [5.41, 5.74) is 4.99. The molecule has 0 atom stereocenters. The number of anilines is 1. The number of hydrogen-bond acceptors (Lipinski definition) is 4. The van der Waals surface area contributed by atoms with Gasteiger partial charge < -0.3 is 14.5 Å². The second-order valence-electron chi connectivity index (χ2n) is 10.9. The number of halogens is 1. The Hall–Kier alpha value is -3.35. The molecule has 1 aliphatic carbocycles. The number of benzene rings is 3. The van der Waals surface area contributed by atoms with E-state index in [2.05, 4.69) is 29.2 Å². The third kappa shape index (κ3) is 7.04. The largest absolute Gasteiger partial charge is 0.496 e. The van der Waals surface area contributed by atoms with Gasteiger partial charge in [0.05, 0.1) is 19.2 Å². The van der Waals surface area contributed by atoms with Crippen LogP contribution in [-0.4, -0.2) is 54.9 Å². The minimum Gasteiger partial charge on any atom is -0.496 e. The molecule has 1 fully saturated rings. The van der Waals surface area contributed by atoms with Crippen molar-refractivity contribution >= 4 is 29.1 Å². The fourth-order valence-electron chi connectivity index (χ4n) is 5.48. The predicted octanol–water partition coefficient (Wildman–Crippen LogP) is 5.88. The van der Waals surface area contributed by atoms with Gasteiger partial charge in [-0.05, 0) is 66.6 Å². The van der Waals surface area contributed by atoms with Crippen LogP contribution >= 0.6 is 11.6 Å². The van der Waals surface area contributed by atoms with Gasteiger partial charge in [-0.25, -0.2) is 0 Å². The van der Waals surface area contributed by atoms with E-state index in [0.29, 0.717) is 31.1 Å². The molecule has 2 aliphatic rings. The predicted molar refractivity (Wildman–Crippen MR) is 160 cm³/mol. The number of ether oxygens (including phenoxy) is 1. The number of carbonyl (C=O) groups excluding carboxylic acids is 2. The molecule has 6 nitrogen and oxygen atoms in total. The highest BCUT2D eigenvalue weighted by Crippen LogP contribution is 2.35. The minimum absolute atomic E-state index is 0.0597. The van der Waals surface area contributed by atoms with Gasteiger partial charge >= 0.3 is 0 Å². The molecule has 7 heteroatoms. The van der Waals surface area contributed by atoms with Crippen LogP contribution in [-0.2, 0) is 29.1 Å². The average molecular weight is 560 g/mol. The van der Waals surface area contributed by atoms with Crippen LogP contribution in [0.2, 0.25) is 5.02 Å². The zero-order valence-corrected chi connectivity index (χ0v) is 24.2. The lowest BCUT2D eigenvalue weighted by Gasteiger charge is -2.28. The van der Waals surface area contributed by atoms with E-state index in [-0.39, 0.29) is 17.7 Å². The molecule has 1 heterocycles. The molecule has 0 radical (unpaired) electrons. The topological polar surface area (TPSA) is 53.1 Å². The molecule has 3 aromatic carbocycles. The second-order valence-corrected chi connectivity index (χ2v) is 11.4. The van der Waals surface area contributed by atoms with E-state index in [0.717, 1.165) is 67.0 Å². The first kappa shape index (κ1) is 28.2. The highest BCUT2D eigenvalue weighted by molar-refractivity contribution is 6.31. The summed E-state index contributed by atoms with van der Waals surface area (Å²) >= 11 is 6.46. The van der Waals surface area contributed by atoms with Crippen molar-refractivity contribution in [3.63, 3.8) is 0 Å². The summed E-state index contributed by atoms with van der Waals surface area (Å²) in [4.78, 5) is 33.6. The van der Waals surface area contributed by atoms with Crippen molar-refractivity contribution in [1.82, 2.24) is 9.80 Å². The third-order valence-corrected chi connectivity index (χ3v) is 8.09. The van der Waals surface area contributed by atoms with Gasteiger partial charge in [0.1, 0.15) is 5.75 Å². The third-order valence-electron chi connectivity index (χ3n) is 7.85. The number of carbonyl (C=O) groups is 2. The molecule has 40 heavy (non-hydrogen) atoms. The van der Waals surface area contributed by atoms with Crippen LogP contribution in [0.5, 0.6) is 5.75 Å². The SMILES string of the molecule is COc1ccc(CC(=O)N2CCN(Cc3ccccc3)CCCN(C(=O)C3CC3)c3cc(Cl)ccc3C2)cc1C. The molecular weight excluding hydrogens is 522 g/mol. The molecule has 5 rings (SSSR count). The van der Waals surface area contributed by atoms with Crippen molar-refractivity contribution < 1.29 is 14.3 Å². The first-order valence-corrected chi connectivity index (χ1v) is 14.6. The van der Waals surface area contributed by atoms with Crippen molar-refractivity contribution in [2.24, 2.45) is 5.92 Å². The first-order valence-electron chi connectivity index (χ1n) is 14.2. The molecule has 1 saturated carbocycles. The quantitative estimate of drug-likeness (QED) is 0.379. The van der Waals surface area contributed by atoms with E-state index in [1.807, 2.05) is 59.2 Å². The Bertz CT molecular complexity index is 1340. The summed E-state index contributed by atoms with van der Waals surface area (Å²) < 4.78 is 5.41. The van der Waals surface area contributed by atoms with Crippen LogP contribution in [0.1, 0.15) is 41.5 Å². The van der Waals surface area contributed by atoms with Gasteiger partial charge in [0, 0.05) is 50.2 Å². The van der Waals surface area contributed by atoms with Crippen molar-refractivity contribution in [2.45, 2.75) is 45.7 Å². The van der Waals surface area contributed by atoms with Gasteiger partial charge in [0.15, 0.2) is 0 Å². The summed E-state index contributed by atoms with van der Waals surface area (Å²) in [6, 6.07) is 22.1. The smallest absolute Gasteiger partial charge is 0.230 e. The van der Waals surface area contributed by atoms with Gasteiger partial charge in [0.2, 0.25) is 11.8 Å². The van der Waals surface area contributed by atoms with Crippen molar-refractivity contribution in [3.05, 3.63) is 94.0 Å². The van der Waals surface area contributed by atoms with Gasteiger partial charge in [-0.1, -0.05) is 60.1 Å². The van der Waals surface area contributed by atoms with E-state index in [4.69, 9.17) is 16.3 Å². The number of nitrogens with zero attached hydrogens (tertiary/aromatic N) is 3. The van der Waals surface area contributed by atoms with Crippen molar-refractivity contribution in [3.8, 4) is 5.75 Å². The van der Waals surface area contributed by atoms with Crippen LogP contribution in [0.15, 0.2) is 66.7 Å². The molecule has 0 bridgehead atoms. The zero-order chi connectivity index (χ0) is 28.1. The normalized spacial score (nSPS) is 16.7. The summed E-state index contributed by atoms with van der Waals surface area (Å²) in [5, 5.41) is 0.597. The Morgan fingerprint density at radius 3 is 2.45 bits per heavy atom. The van der Waals surface area contributed by atoms with E-state index < -0.39 is 0 Å². The molecular formula is C33H38ClN3O3. The highest BCUT2D eigenvalue weighted by Gasteiger charge is 2.35. The van der Waals surface area contributed by atoms with Crippen molar-refractivity contribution in [2.75, 3.05) is 38.2 Å². The maximum atomic E-state index is 13.8. The monoisotopic (exact) mass is 559 g/mol. The van der Waals surface area contributed by atoms with Gasteiger partial charge in [-0.2, -0.15) is 0 Å². The molecule has 2 amide bonds. The number of rotatable bonds is 6. The van der Waals surface area contributed by atoms with Gasteiger partial charge in [-0.15, -0.1) is 0 Å². The van der Waals surface area contributed by atoms with E-state index in [1.165, 1.54) is 5.56 Å². The van der Waals surface area contributed by atoms with Crippen LogP contribution in [0.4, 0.5) is 5.69 Å². The van der Waals surface area contributed by atoms with E-state index in [9.17, 15) is 9.59 Å². The highest BCUT2D eigenvalue weighted by atomic mass is 35.5. The lowest BCUT2D eigenvalue weighted by molar-refractivity contribution is -0.131. The Balaban J connectivity index is 1.45. The standard InChI is InChI=1S/C33H38ClN3O3/c1-24-19-26(9-14-31(24)40-2)20-32(38)36-18-17-35(22-25-7-4-3-5-8-25)15-6-16-37(33(39)27-10-11-27)30-21-29(34)13-12-28(30)23-36/h3-5,7-9,12-14,19,21,27H,6,10-11,15-18,20,22-23H2,1-2H3. The molecule has 0 N–H and O–H groups in total. The molecule has 0 spiro atoms. The van der Waals surface area contributed by atoms with Gasteiger partial charge in [-0.3, -0.25) is 14.5 Å². The van der Waals surface area contributed by atoms with Crippen LogP contribution < -0.4 is 9.64 Å². The molecule has 3 aromatic rings. The van der Waals surface area contributed by atoms with E-state index in [1.54, 1.807) is 7.11 Å². The number of aryl methyl sites for hydroxylation is 1. The second kappa shape index (κ2) is 12.9. The van der Waals surface area contributed by atoms with Crippen LogP contribution in [0.25, 0.3) is 0 Å². The molecule has 0 saturated heterocycles. The minimum atomic E-state index is 0.0597. The van der Waals surface area contributed by atoms with Gasteiger partial charge in [0.25, 0.3) is 0 Å². The Morgan fingerprint density at radius 1 is 0.925 bits per heavy atom. The number of fused-ring (bicyclic) bond motifs is 1. The summed E-state index contributed by atoms with van der Waals surface area (Å²) in [6.45, 7) is 6.03. The van der Waals surface area contributed by atoms with Crippen LogP contribution in [0.3, 0.4) is 0 Å². The lowest BCUT2D eigenvalue weighted by Crippen LogP contribution is -2.39. The zero-order valence-electron chi connectivity index (χ0n) is 23.4. The average Bonchev–Trinajstić information content (AvgIpc) is 3.80. The Labute approximate surface area is 242 Å². The van der Waals surface area contributed by atoms with E-state index >= 15 is 0 Å². The lowest BCUT2D eigenvalue weighted by atomic mass is 10.1. The molecule has 210 valence electrons. The Morgan fingerprint density at radius 2 is 1.73 bits per heavy atom. The fraction of sp³-hybridized carbons (Fsp3) is 0.394. The number of methoxy groups -OCH3 is 1. The first-order chi connectivity index (χ1) is 19.4. The van der Waals surface area contributed by atoms with Crippen molar-refractivity contribution in [1.29, 1.82) is 0 Å². The summed E-state index contributed by atoms with van der Waals surface area (Å²) in [5.74, 6) is 1.14. The molecule has 0 unspecified atom stereocenters. The maximum absolute atomic E-state index is 13.8. The summed E-state index contributed by atoms with van der Waals surface area (Å²) in [6.07, 6.45) is 3.03. The Kier molecular flexibility index (Phi) is 9.08. The van der Waals surface area contributed by atoms with Crippen LogP contribution in [0, 0.1) is 12.8 Å². The maximum Gasteiger partial charge on any atom is 0.230 e.